The quantitative estimate of drug-likeness (QED) is 0.535. The summed E-state index contributed by atoms with van der Waals surface area (Å²) in [6.07, 6.45) is 1.32. The zero-order valence-electron chi connectivity index (χ0n) is 8.29. The topological polar surface area (TPSA) is 61.1 Å². The highest BCUT2D eigenvalue weighted by Crippen LogP contribution is 2.18. The second-order valence-corrected chi connectivity index (χ2v) is 3.35. The van der Waals surface area contributed by atoms with Crippen LogP contribution in [-0.4, -0.2) is 11.1 Å². The van der Waals surface area contributed by atoms with E-state index < -0.39 is 5.97 Å². The lowest BCUT2D eigenvalue weighted by atomic mass is 9.96. The number of hydrogen-bond acceptors (Lipinski definition) is 2. The van der Waals surface area contributed by atoms with E-state index in [0.29, 0.717) is 18.8 Å². The highest BCUT2D eigenvalue weighted by atomic mass is 16.4. The Morgan fingerprint density at radius 1 is 1.54 bits per heavy atom. The van der Waals surface area contributed by atoms with E-state index >= 15 is 0 Å². The van der Waals surface area contributed by atoms with Gasteiger partial charge in [0.25, 0.3) is 0 Å². The van der Waals surface area contributed by atoms with E-state index in [1.54, 1.807) is 6.07 Å². The highest BCUT2D eigenvalue weighted by molar-refractivity contribution is 5.91. The molecule has 1 N–H and O–H groups in total. The molecule has 0 saturated carbocycles. The van der Waals surface area contributed by atoms with Gasteiger partial charge >= 0.3 is 5.97 Å². The SMILES string of the molecule is CCC(CC(C)C)=C(C#N)C(=O)O. The molecule has 0 radical (unpaired) electrons. The Hall–Kier alpha value is -1.30. The Kier molecular flexibility index (Phi) is 4.83. The monoisotopic (exact) mass is 181 g/mol. The van der Waals surface area contributed by atoms with Crippen molar-refractivity contribution in [3.05, 3.63) is 11.1 Å². The number of aliphatic carboxylic acids is 1. The first-order valence-electron chi connectivity index (χ1n) is 4.38. The Bertz CT molecular complexity index is 259. The molecule has 3 heteroatoms. The zero-order chi connectivity index (χ0) is 10.4. The minimum Gasteiger partial charge on any atom is -0.477 e. The molecule has 0 aliphatic heterocycles. The lowest BCUT2D eigenvalue weighted by Crippen LogP contribution is -2.04. The first kappa shape index (κ1) is 11.7. The maximum Gasteiger partial charge on any atom is 0.346 e. The van der Waals surface area contributed by atoms with Gasteiger partial charge in [-0.2, -0.15) is 5.26 Å². The second-order valence-electron chi connectivity index (χ2n) is 3.35. The second kappa shape index (κ2) is 5.36. The normalized spacial score (nSPS) is 12.2. The van der Waals surface area contributed by atoms with Crippen LogP contribution in [0.3, 0.4) is 0 Å². The molecule has 0 aliphatic carbocycles. The summed E-state index contributed by atoms with van der Waals surface area (Å²) in [5, 5.41) is 17.3. The van der Waals surface area contributed by atoms with Crippen LogP contribution in [0.4, 0.5) is 0 Å². The van der Waals surface area contributed by atoms with E-state index in [-0.39, 0.29) is 5.57 Å². The van der Waals surface area contributed by atoms with Gasteiger partial charge in [-0.05, 0) is 24.3 Å². The average molecular weight is 181 g/mol. The molecule has 0 atom stereocenters. The molecule has 13 heavy (non-hydrogen) atoms. The van der Waals surface area contributed by atoms with Gasteiger partial charge in [-0.3, -0.25) is 0 Å². The van der Waals surface area contributed by atoms with Gasteiger partial charge in [0.2, 0.25) is 0 Å². The number of nitrogens with zero attached hydrogens (tertiary/aromatic N) is 1. The molecular weight excluding hydrogens is 166 g/mol. The molecule has 3 nitrogen and oxygen atoms in total. The van der Waals surface area contributed by atoms with Crippen LogP contribution in [0.25, 0.3) is 0 Å². The van der Waals surface area contributed by atoms with Gasteiger partial charge in [0.15, 0.2) is 0 Å². The standard InChI is InChI=1S/C10H15NO2/c1-4-8(5-7(2)3)9(6-11)10(12)13/h7H,4-5H2,1-3H3,(H,12,13). The molecule has 0 aliphatic rings. The minimum absolute atomic E-state index is 0.0869. The number of carboxylic acid groups (broad SMARTS) is 1. The maximum atomic E-state index is 10.6. The predicted octanol–water partition coefficient (Wildman–Crippen LogP) is 2.35. The van der Waals surface area contributed by atoms with Gasteiger partial charge < -0.3 is 5.11 Å². The molecule has 0 aromatic heterocycles. The van der Waals surface area contributed by atoms with E-state index in [4.69, 9.17) is 10.4 Å². The summed E-state index contributed by atoms with van der Waals surface area (Å²) < 4.78 is 0. The van der Waals surface area contributed by atoms with Crippen molar-refractivity contribution in [2.24, 2.45) is 5.92 Å². The van der Waals surface area contributed by atoms with Crippen LogP contribution in [-0.2, 0) is 4.79 Å². The van der Waals surface area contributed by atoms with Crippen molar-refractivity contribution < 1.29 is 9.90 Å². The highest BCUT2D eigenvalue weighted by Gasteiger charge is 2.13. The number of nitriles is 1. The van der Waals surface area contributed by atoms with Crippen LogP contribution in [0.5, 0.6) is 0 Å². The molecule has 0 unspecified atom stereocenters. The third-order valence-corrected chi connectivity index (χ3v) is 1.76. The molecule has 0 spiro atoms. The molecule has 0 aromatic rings. The van der Waals surface area contributed by atoms with Crippen molar-refractivity contribution >= 4 is 5.97 Å². The summed E-state index contributed by atoms with van der Waals surface area (Å²) in [7, 11) is 0. The summed E-state index contributed by atoms with van der Waals surface area (Å²) in [4.78, 5) is 10.6. The number of hydrogen-bond donors (Lipinski definition) is 1. The van der Waals surface area contributed by atoms with E-state index in [1.165, 1.54) is 0 Å². The summed E-state index contributed by atoms with van der Waals surface area (Å²) in [5.41, 5.74) is 0.654. The van der Waals surface area contributed by atoms with Crippen molar-refractivity contribution in [3.63, 3.8) is 0 Å². The molecule has 0 heterocycles. The van der Waals surface area contributed by atoms with E-state index in [9.17, 15) is 4.79 Å². The Labute approximate surface area is 78.7 Å². The molecule has 0 saturated heterocycles. The van der Waals surface area contributed by atoms with Crippen LogP contribution in [0.15, 0.2) is 11.1 Å². The first-order chi connectivity index (χ1) is 6.02. The fourth-order valence-corrected chi connectivity index (χ4v) is 1.19. The Morgan fingerprint density at radius 3 is 2.31 bits per heavy atom. The molecule has 0 rings (SSSR count). The van der Waals surface area contributed by atoms with Crippen LogP contribution in [0, 0.1) is 17.2 Å². The zero-order valence-corrected chi connectivity index (χ0v) is 8.29. The smallest absolute Gasteiger partial charge is 0.346 e. The number of rotatable bonds is 4. The van der Waals surface area contributed by atoms with Crippen LogP contribution >= 0.6 is 0 Å². The predicted molar refractivity (Wildman–Crippen MR) is 50.0 cm³/mol. The van der Waals surface area contributed by atoms with Crippen molar-refractivity contribution in [2.75, 3.05) is 0 Å². The van der Waals surface area contributed by atoms with Crippen molar-refractivity contribution in [1.29, 1.82) is 5.26 Å². The summed E-state index contributed by atoms with van der Waals surface area (Å²) in [5.74, 6) is -0.724. The van der Waals surface area contributed by atoms with Gasteiger partial charge in [-0.25, -0.2) is 4.79 Å². The van der Waals surface area contributed by atoms with E-state index in [1.807, 2.05) is 20.8 Å². The number of allylic oxidation sites excluding steroid dienone is 1. The summed E-state index contributed by atoms with van der Waals surface area (Å²) in [6.45, 7) is 5.89. The minimum atomic E-state index is -1.11. The van der Waals surface area contributed by atoms with Crippen LogP contribution in [0.1, 0.15) is 33.6 Å². The van der Waals surface area contributed by atoms with Crippen LogP contribution in [0.2, 0.25) is 0 Å². The van der Waals surface area contributed by atoms with E-state index in [2.05, 4.69) is 0 Å². The third-order valence-electron chi connectivity index (χ3n) is 1.76. The maximum absolute atomic E-state index is 10.6. The van der Waals surface area contributed by atoms with Gasteiger partial charge in [-0.1, -0.05) is 20.8 Å². The number of carboxylic acids is 1. The lowest BCUT2D eigenvalue weighted by Gasteiger charge is -2.08. The molecule has 0 aromatic carbocycles. The Balaban J connectivity index is 4.86. The number of carbonyl (C=O) groups is 1. The van der Waals surface area contributed by atoms with E-state index in [0.717, 1.165) is 5.57 Å². The van der Waals surface area contributed by atoms with Crippen LogP contribution < -0.4 is 0 Å². The molecule has 0 fully saturated rings. The van der Waals surface area contributed by atoms with Gasteiger partial charge in [-0.15, -0.1) is 0 Å². The molecular formula is C10H15NO2. The molecule has 0 amide bonds. The fraction of sp³-hybridized carbons (Fsp3) is 0.600. The van der Waals surface area contributed by atoms with Crippen molar-refractivity contribution in [1.82, 2.24) is 0 Å². The molecule has 72 valence electrons. The average Bonchev–Trinajstić information content (AvgIpc) is 2.02. The first-order valence-corrected chi connectivity index (χ1v) is 4.38. The van der Waals surface area contributed by atoms with Gasteiger partial charge in [0.05, 0.1) is 0 Å². The van der Waals surface area contributed by atoms with Gasteiger partial charge in [0.1, 0.15) is 11.6 Å². The fourth-order valence-electron chi connectivity index (χ4n) is 1.19. The van der Waals surface area contributed by atoms with Gasteiger partial charge in [0, 0.05) is 0 Å². The summed E-state index contributed by atoms with van der Waals surface area (Å²) >= 11 is 0. The van der Waals surface area contributed by atoms with Crippen molar-refractivity contribution in [2.45, 2.75) is 33.6 Å². The Morgan fingerprint density at radius 2 is 2.08 bits per heavy atom. The largest absolute Gasteiger partial charge is 0.477 e. The van der Waals surface area contributed by atoms with Crippen molar-refractivity contribution in [3.8, 4) is 6.07 Å². The summed E-state index contributed by atoms with van der Waals surface area (Å²) in [6, 6.07) is 1.74. The third kappa shape index (κ3) is 3.75. The molecule has 0 bridgehead atoms. The lowest BCUT2D eigenvalue weighted by molar-refractivity contribution is -0.132.